The molecular formula is C26H28N4O3S. The SMILES string of the molecule is COc1ccc(C)cc1S(=O)(=O)N1CCN(c2nc3ccccc3n2Cc2ccccc2)CC1. The van der Waals surface area contributed by atoms with Crippen LogP contribution in [0.15, 0.2) is 77.7 Å². The molecule has 5 rings (SSSR count). The average Bonchev–Trinajstić information content (AvgIpc) is 3.23. The van der Waals surface area contributed by atoms with Crippen molar-refractivity contribution in [2.75, 3.05) is 38.2 Å². The number of benzene rings is 3. The third kappa shape index (κ3) is 4.15. The van der Waals surface area contributed by atoms with Crippen molar-refractivity contribution in [2.24, 2.45) is 0 Å². The van der Waals surface area contributed by atoms with Gasteiger partial charge in [-0.1, -0.05) is 48.5 Å². The fourth-order valence-corrected chi connectivity index (χ4v) is 6.14. The number of hydrogen-bond donors (Lipinski definition) is 0. The van der Waals surface area contributed by atoms with Crippen molar-refractivity contribution in [3.63, 3.8) is 0 Å². The second-order valence-corrected chi connectivity index (χ2v) is 10.4. The second kappa shape index (κ2) is 9.12. The van der Waals surface area contributed by atoms with Crippen molar-refractivity contribution in [2.45, 2.75) is 18.4 Å². The van der Waals surface area contributed by atoms with Gasteiger partial charge in [0.2, 0.25) is 16.0 Å². The van der Waals surface area contributed by atoms with Crippen molar-refractivity contribution in [3.8, 4) is 5.75 Å². The zero-order chi connectivity index (χ0) is 23.7. The Labute approximate surface area is 200 Å². The van der Waals surface area contributed by atoms with E-state index in [4.69, 9.17) is 9.72 Å². The Hall–Kier alpha value is -3.36. The number of fused-ring (bicyclic) bond motifs is 1. The van der Waals surface area contributed by atoms with Crippen LogP contribution in [0, 0.1) is 6.92 Å². The van der Waals surface area contributed by atoms with Crippen LogP contribution in [0.5, 0.6) is 5.75 Å². The first-order valence-corrected chi connectivity index (χ1v) is 12.8. The molecule has 0 aliphatic carbocycles. The molecule has 0 amide bonds. The minimum absolute atomic E-state index is 0.222. The number of hydrogen-bond acceptors (Lipinski definition) is 5. The minimum Gasteiger partial charge on any atom is -0.495 e. The van der Waals surface area contributed by atoms with E-state index in [1.54, 1.807) is 16.4 Å². The van der Waals surface area contributed by atoms with Gasteiger partial charge in [0.05, 0.1) is 24.7 Å². The summed E-state index contributed by atoms with van der Waals surface area (Å²) in [6, 6.07) is 23.7. The highest BCUT2D eigenvalue weighted by atomic mass is 32.2. The Morgan fingerprint density at radius 3 is 2.35 bits per heavy atom. The lowest BCUT2D eigenvalue weighted by molar-refractivity contribution is 0.372. The Kier molecular flexibility index (Phi) is 6.02. The second-order valence-electron chi connectivity index (χ2n) is 8.52. The summed E-state index contributed by atoms with van der Waals surface area (Å²) in [6.45, 7) is 4.47. The van der Waals surface area contributed by atoms with Gasteiger partial charge in [0.15, 0.2) is 0 Å². The summed E-state index contributed by atoms with van der Waals surface area (Å²) in [7, 11) is -2.16. The molecule has 0 radical (unpaired) electrons. The lowest BCUT2D eigenvalue weighted by atomic mass is 10.2. The summed E-state index contributed by atoms with van der Waals surface area (Å²) < 4.78 is 35.9. The topological polar surface area (TPSA) is 67.7 Å². The number of rotatable bonds is 6. The number of piperazine rings is 1. The first-order chi connectivity index (χ1) is 16.5. The van der Waals surface area contributed by atoms with E-state index in [9.17, 15) is 8.42 Å². The molecule has 2 heterocycles. The van der Waals surface area contributed by atoms with E-state index in [2.05, 4.69) is 27.7 Å². The highest BCUT2D eigenvalue weighted by molar-refractivity contribution is 7.89. The lowest BCUT2D eigenvalue weighted by Gasteiger charge is -2.35. The number of sulfonamides is 1. The van der Waals surface area contributed by atoms with Crippen molar-refractivity contribution in [1.29, 1.82) is 0 Å². The monoisotopic (exact) mass is 476 g/mol. The minimum atomic E-state index is -3.66. The van der Waals surface area contributed by atoms with E-state index in [0.717, 1.165) is 22.5 Å². The van der Waals surface area contributed by atoms with Gasteiger partial charge < -0.3 is 14.2 Å². The predicted molar refractivity (Wildman–Crippen MR) is 134 cm³/mol. The summed E-state index contributed by atoms with van der Waals surface area (Å²) in [4.78, 5) is 7.32. The number of nitrogens with zero attached hydrogens (tertiary/aromatic N) is 4. The highest BCUT2D eigenvalue weighted by Crippen LogP contribution is 2.30. The molecule has 3 aromatic carbocycles. The molecule has 1 aromatic heterocycles. The highest BCUT2D eigenvalue weighted by Gasteiger charge is 2.32. The van der Waals surface area contributed by atoms with E-state index in [-0.39, 0.29) is 4.90 Å². The van der Waals surface area contributed by atoms with Crippen LogP contribution in [0.1, 0.15) is 11.1 Å². The summed E-state index contributed by atoms with van der Waals surface area (Å²) in [5.74, 6) is 1.24. The number of methoxy groups -OCH3 is 1. The van der Waals surface area contributed by atoms with Gasteiger partial charge in [-0.2, -0.15) is 4.31 Å². The summed E-state index contributed by atoms with van der Waals surface area (Å²) in [5.41, 5.74) is 4.08. The van der Waals surface area contributed by atoms with E-state index in [0.29, 0.717) is 38.5 Å². The maximum atomic E-state index is 13.4. The third-order valence-corrected chi connectivity index (χ3v) is 8.20. The van der Waals surface area contributed by atoms with Crippen LogP contribution in [-0.4, -0.2) is 55.6 Å². The van der Waals surface area contributed by atoms with Crippen molar-refractivity contribution >= 4 is 27.0 Å². The fourth-order valence-electron chi connectivity index (χ4n) is 4.48. The summed E-state index contributed by atoms with van der Waals surface area (Å²) >= 11 is 0. The predicted octanol–water partition coefficient (Wildman–Crippen LogP) is 3.91. The van der Waals surface area contributed by atoms with Crippen molar-refractivity contribution < 1.29 is 13.2 Å². The third-order valence-electron chi connectivity index (χ3n) is 6.28. The van der Waals surface area contributed by atoms with Gasteiger partial charge >= 0.3 is 0 Å². The van der Waals surface area contributed by atoms with Crippen LogP contribution in [0.4, 0.5) is 5.95 Å². The zero-order valence-corrected chi connectivity index (χ0v) is 20.2. The number of aryl methyl sites for hydroxylation is 1. The number of para-hydroxylation sites is 2. The molecule has 0 unspecified atom stereocenters. The largest absolute Gasteiger partial charge is 0.495 e. The molecule has 1 saturated heterocycles. The molecular weight excluding hydrogens is 448 g/mol. The molecule has 4 aromatic rings. The molecule has 8 heteroatoms. The number of aromatic nitrogens is 2. The molecule has 7 nitrogen and oxygen atoms in total. The summed E-state index contributed by atoms with van der Waals surface area (Å²) in [5, 5.41) is 0. The fraction of sp³-hybridized carbons (Fsp3) is 0.269. The van der Waals surface area contributed by atoms with Crippen LogP contribution in [0.25, 0.3) is 11.0 Å². The van der Waals surface area contributed by atoms with E-state index < -0.39 is 10.0 Å². The maximum absolute atomic E-state index is 13.4. The van der Waals surface area contributed by atoms with Crippen LogP contribution in [0.3, 0.4) is 0 Å². The van der Waals surface area contributed by atoms with Gasteiger partial charge in [-0.25, -0.2) is 13.4 Å². The molecule has 0 saturated carbocycles. The lowest BCUT2D eigenvalue weighted by Crippen LogP contribution is -2.49. The summed E-state index contributed by atoms with van der Waals surface area (Å²) in [6.07, 6.45) is 0. The Balaban J connectivity index is 1.42. The number of imidazole rings is 1. The van der Waals surface area contributed by atoms with Gasteiger partial charge in [0.1, 0.15) is 10.6 Å². The first kappa shape index (κ1) is 22.4. The van der Waals surface area contributed by atoms with Gasteiger partial charge in [-0.05, 0) is 42.3 Å². The van der Waals surface area contributed by atoms with Crippen LogP contribution < -0.4 is 9.64 Å². The zero-order valence-electron chi connectivity index (χ0n) is 19.4. The first-order valence-electron chi connectivity index (χ1n) is 11.4. The van der Waals surface area contributed by atoms with Gasteiger partial charge in [-0.3, -0.25) is 0 Å². The number of ether oxygens (including phenoxy) is 1. The Bertz CT molecular complexity index is 1410. The maximum Gasteiger partial charge on any atom is 0.246 e. The molecule has 0 atom stereocenters. The molecule has 1 fully saturated rings. The smallest absolute Gasteiger partial charge is 0.246 e. The Morgan fingerprint density at radius 2 is 1.62 bits per heavy atom. The van der Waals surface area contributed by atoms with Gasteiger partial charge in [-0.15, -0.1) is 0 Å². The van der Waals surface area contributed by atoms with Crippen molar-refractivity contribution in [1.82, 2.24) is 13.9 Å². The van der Waals surface area contributed by atoms with Crippen LogP contribution in [0.2, 0.25) is 0 Å². The van der Waals surface area contributed by atoms with E-state index in [1.807, 2.05) is 49.4 Å². The molecule has 1 aliphatic rings. The van der Waals surface area contributed by atoms with Crippen molar-refractivity contribution in [3.05, 3.63) is 83.9 Å². The van der Waals surface area contributed by atoms with E-state index >= 15 is 0 Å². The van der Waals surface area contributed by atoms with Gasteiger partial charge in [0, 0.05) is 26.2 Å². The molecule has 0 spiro atoms. The van der Waals surface area contributed by atoms with Crippen LogP contribution >= 0.6 is 0 Å². The molecule has 1 aliphatic heterocycles. The molecule has 0 bridgehead atoms. The van der Waals surface area contributed by atoms with Crippen LogP contribution in [-0.2, 0) is 16.6 Å². The Morgan fingerprint density at radius 1 is 0.912 bits per heavy atom. The molecule has 34 heavy (non-hydrogen) atoms. The molecule has 176 valence electrons. The number of anilines is 1. The van der Waals surface area contributed by atoms with Gasteiger partial charge in [0.25, 0.3) is 0 Å². The standard InChI is InChI=1S/C26H28N4O3S/c1-20-12-13-24(33-2)25(18-20)34(31,32)29-16-14-28(15-17-29)26-27-22-10-6-7-11-23(22)30(26)19-21-8-4-3-5-9-21/h3-13,18H,14-17,19H2,1-2H3. The normalized spacial score (nSPS) is 15.1. The van der Waals surface area contributed by atoms with E-state index in [1.165, 1.54) is 12.7 Å². The quantitative estimate of drug-likeness (QED) is 0.422. The molecule has 0 N–H and O–H groups in total. The average molecular weight is 477 g/mol.